The van der Waals surface area contributed by atoms with E-state index in [9.17, 15) is 0 Å². The Morgan fingerprint density at radius 3 is 1.72 bits per heavy atom. The van der Waals surface area contributed by atoms with Gasteiger partial charge in [0.25, 0.3) is 0 Å². The number of fused-ring (bicyclic) bond motifs is 3. The van der Waals surface area contributed by atoms with Crippen LogP contribution in [0.1, 0.15) is 11.6 Å². The highest BCUT2D eigenvalue weighted by atomic mass is 15.0. The molecule has 8 aromatic rings. The molecule has 0 unspecified atom stereocenters. The van der Waals surface area contributed by atoms with E-state index in [1.54, 1.807) is 0 Å². The fourth-order valence-electron chi connectivity index (χ4n) is 6.00. The van der Waals surface area contributed by atoms with Gasteiger partial charge in [-0.15, -0.1) is 0 Å². The summed E-state index contributed by atoms with van der Waals surface area (Å²) in [5, 5.41) is 2.17. The molecule has 3 heterocycles. The third kappa shape index (κ3) is 5.06. The molecule has 0 atom stereocenters. The highest BCUT2D eigenvalue weighted by molar-refractivity contribution is 6.10. The molecule has 8 nitrogen and oxygen atoms in total. The smallest absolute Gasteiger partial charge is 0.198 e. The maximum atomic E-state index is 8.04. The van der Waals surface area contributed by atoms with Crippen LogP contribution < -0.4 is 0 Å². The van der Waals surface area contributed by atoms with Gasteiger partial charge >= 0.3 is 0 Å². The summed E-state index contributed by atoms with van der Waals surface area (Å²) >= 11 is 0. The normalized spacial score (nSPS) is 11.2. The zero-order chi connectivity index (χ0) is 31.9. The van der Waals surface area contributed by atoms with Crippen molar-refractivity contribution in [3.05, 3.63) is 144 Å². The third-order valence-corrected chi connectivity index (χ3v) is 8.09. The average molecular weight is 607 g/mol. The van der Waals surface area contributed by atoms with Crippen LogP contribution in [-0.2, 0) is 0 Å². The number of aryl methyl sites for hydroxylation is 2. The van der Waals surface area contributed by atoms with Crippen molar-refractivity contribution in [2.24, 2.45) is 0 Å². The summed E-state index contributed by atoms with van der Waals surface area (Å²) < 4.78 is 2.22. The molecule has 0 N–H and O–H groups in total. The first-order valence-corrected chi connectivity index (χ1v) is 15.2. The summed E-state index contributed by atoms with van der Waals surface area (Å²) in [5.74, 6) is 3.55. The topological polar surface area (TPSA) is 86.6 Å². The monoisotopic (exact) mass is 606 g/mol. The molecule has 0 bridgehead atoms. The van der Waals surface area contributed by atoms with Crippen LogP contribution in [0, 0.1) is 20.4 Å². The average Bonchev–Trinajstić information content (AvgIpc) is 3.45. The van der Waals surface area contributed by atoms with Gasteiger partial charge in [0.15, 0.2) is 29.0 Å². The summed E-state index contributed by atoms with van der Waals surface area (Å²) in [7, 11) is 0. The quantitative estimate of drug-likeness (QED) is 0.182. The molecule has 222 valence electrons. The molecule has 0 saturated carbocycles. The first kappa shape index (κ1) is 27.9. The van der Waals surface area contributed by atoms with E-state index >= 15 is 0 Å². The van der Waals surface area contributed by atoms with Gasteiger partial charge in [-0.05, 0) is 50.2 Å². The van der Waals surface area contributed by atoms with Gasteiger partial charge in [0, 0.05) is 38.7 Å². The van der Waals surface area contributed by atoms with E-state index in [0.29, 0.717) is 46.2 Å². The molecule has 0 fully saturated rings. The minimum absolute atomic E-state index is 0.439. The molecular formula is C39H26N8. The molecule has 8 rings (SSSR count). The van der Waals surface area contributed by atoms with Crippen molar-refractivity contribution in [2.45, 2.75) is 13.8 Å². The standard InChI is InChI=1S/C39H26N8/c1-24-41-25(2)43-38(42-24)28-18-21-35-31(22-28)30-16-10-11-17-34(30)47(35)29-19-20-33(40-3)32(23-29)39-45-36(26-12-6-4-7-13-26)44-37(46-39)27-14-8-5-9-15-27/h4-23H,1-2H3. The van der Waals surface area contributed by atoms with Crippen molar-refractivity contribution in [3.8, 4) is 51.2 Å². The van der Waals surface area contributed by atoms with E-state index < -0.39 is 0 Å². The second-order valence-corrected chi connectivity index (χ2v) is 11.2. The number of para-hydroxylation sites is 1. The molecule has 0 aliphatic rings. The molecule has 0 saturated heterocycles. The maximum Gasteiger partial charge on any atom is 0.198 e. The molecule has 0 aliphatic carbocycles. The maximum absolute atomic E-state index is 8.04. The van der Waals surface area contributed by atoms with Crippen LogP contribution >= 0.6 is 0 Å². The van der Waals surface area contributed by atoms with Crippen LogP contribution in [0.4, 0.5) is 5.69 Å². The zero-order valence-electron chi connectivity index (χ0n) is 25.6. The van der Waals surface area contributed by atoms with Crippen molar-refractivity contribution in [1.82, 2.24) is 34.5 Å². The highest BCUT2D eigenvalue weighted by Crippen LogP contribution is 2.38. The summed E-state index contributed by atoms with van der Waals surface area (Å²) in [6.07, 6.45) is 0. The Balaban J connectivity index is 1.34. The van der Waals surface area contributed by atoms with Crippen molar-refractivity contribution in [1.29, 1.82) is 0 Å². The van der Waals surface area contributed by atoms with E-state index in [2.05, 4.69) is 48.6 Å². The Labute approximate surface area is 271 Å². The number of aromatic nitrogens is 7. The van der Waals surface area contributed by atoms with Crippen LogP contribution in [0.3, 0.4) is 0 Å². The van der Waals surface area contributed by atoms with Crippen LogP contribution in [0.2, 0.25) is 0 Å². The number of hydrogen-bond acceptors (Lipinski definition) is 6. The van der Waals surface area contributed by atoms with Crippen molar-refractivity contribution < 1.29 is 0 Å². The molecule has 0 aliphatic heterocycles. The predicted octanol–water partition coefficient (Wildman–Crippen LogP) is 8.99. The fourth-order valence-corrected chi connectivity index (χ4v) is 6.00. The Bertz CT molecular complexity index is 2420. The van der Waals surface area contributed by atoms with Crippen molar-refractivity contribution >= 4 is 27.5 Å². The third-order valence-electron chi connectivity index (χ3n) is 8.09. The Hall–Kier alpha value is -6.59. The molecular weight excluding hydrogens is 580 g/mol. The molecule has 0 amide bonds. The molecule has 5 aromatic carbocycles. The van der Waals surface area contributed by atoms with Gasteiger partial charge in [0.05, 0.1) is 17.6 Å². The lowest BCUT2D eigenvalue weighted by molar-refractivity contribution is 0.929. The lowest BCUT2D eigenvalue weighted by atomic mass is 10.1. The SMILES string of the molecule is [C-]#[N+]c1ccc(-n2c3ccccc3c3cc(-c4nc(C)nc(C)n4)ccc32)cc1-c1nc(-c2ccccc2)nc(-c2ccccc2)n1. The number of benzene rings is 5. The predicted molar refractivity (Wildman–Crippen MR) is 185 cm³/mol. The first-order valence-electron chi connectivity index (χ1n) is 15.2. The zero-order valence-corrected chi connectivity index (χ0v) is 25.6. The minimum Gasteiger partial charge on any atom is -0.309 e. The fraction of sp³-hybridized carbons (Fsp3) is 0.0513. The van der Waals surface area contributed by atoms with Gasteiger partial charge in [-0.1, -0.05) is 84.9 Å². The first-order chi connectivity index (χ1) is 23.1. The molecule has 0 radical (unpaired) electrons. The van der Waals surface area contributed by atoms with Gasteiger partial charge in [0.2, 0.25) is 0 Å². The van der Waals surface area contributed by atoms with Crippen LogP contribution in [-0.4, -0.2) is 34.5 Å². The van der Waals surface area contributed by atoms with Crippen LogP contribution in [0.15, 0.2) is 121 Å². The molecule has 3 aromatic heterocycles. The van der Waals surface area contributed by atoms with Gasteiger partial charge in [0.1, 0.15) is 11.6 Å². The molecule has 8 heteroatoms. The van der Waals surface area contributed by atoms with Gasteiger partial charge in [-0.25, -0.2) is 34.7 Å². The van der Waals surface area contributed by atoms with Gasteiger partial charge in [-0.3, -0.25) is 0 Å². The summed E-state index contributed by atoms with van der Waals surface area (Å²) in [6.45, 7) is 11.8. The number of nitrogens with zero attached hydrogens (tertiary/aromatic N) is 8. The highest BCUT2D eigenvalue weighted by Gasteiger charge is 2.19. The second-order valence-electron chi connectivity index (χ2n) is 11.2. The van der Waals surface area contributed by atoms with E-state index in [1.165, 1.54) is 0 Å². The molecule has 0 spiro atoms. The summed E-state index contributed by atoms with van der Waals surface area (Å²) in [4.78, 5) is 32.1. The Kier molecular flexibility index (Phi) is 6.77. The number of hydrogen-bond donors (Lipinski definition) is 0. The van der Waals surface area contributed by atoms with E-state index in [0.717, 1.165) is 44.2 Å². The van der Waals surface area contributed by atoms with Gasteiger partial charge in [-0.2, -0.15) is 0 Å². The van der Waals surface area contributed by atoms with Crippen molar-refractivity contribution in [3.63, 3.8) is 0 Å². The van der Waals surface area contributed by atoms with Crippen LogP contribution in [0.25, 0.3) is 77.9 Å². The Morgan fingerprint density at radius 1 is 0.489 bits per heavy atom. The van der Waals surface area contributed by atoms with Gasteiger partial charge < -0.3 is 4.57 Å². The lowest BCUT2D eigenvalue weighted by Gasteiger charge is -2.13. The second kappa shape index (κ2) is 11.4. The Morgan fingerprint density at radius 2 is 1.06 bits per heavy atom. The molecule has 47 heavy (non-hydrogen) atoms. The largest absolute Gasteiger partial charge is 0.309 e. The summed E-state index contributed by atoms with van der Waals surface area (Å²) in [6, 6.07) is 40.1. The lowest BCUT2D eigenvalue weighted by Crippen LogP contribution is -2.01. The van der Waals surface area contributed by atoms with E-state index in [4.69, 9.17) is 21.5 Å². The van der Waals surface area contributed by atoms with E-state index in [-0.39, 0.29) is 0 Å². The van der Waals surface area contributed by atoms with Crippen molar-refractivity contribution in [2.75, 3.05) is 0 Å². The minimum atomic E-state index is 0.439. The summed E-state index contributed by atoms with van der Waals surface area (Å²) in [5.41, 5.74) is 6.70. The number of rotatable bonds is 5. The van der Waals surface area contributed by atoms with E-state index in [1.807, 2.05) is 111 Å². The van der Waals surface area contributed by atoms with Crippen LogP contribution in [0.5, 0.6) is 0 Å².